The Balaban J connectivity index is 1.66. The maximum atomic E-state index is 12.1. The fourth-order valence-corrected chi connectivity index (χ4v) is 2.30. The summed E-state index contributed by atoms with van der Waals surface area (Å²) in [6.45, 7) is 0.807. The van der Waals surface area contributed by atoms with Crippen LogP contribution in [-0.4, -0.2) is 48.9 Å². The van der Waals surface area contributed by atoms with E-state index < -0.39 is 5.60 Å². The SMILES string of the molecule is O=C1COc2cc(C(=O)NCC3(O)CCOC3)ccc2N1. The molecule has 0 radical (unpaired) electrons. The van der Waals surface area contributed by atoms with Crippen LogP contribution >= 0.6 is 0 Å². The summed E-state index contributed by atoms with van der Waals surface area (Å²) in [5, 5.41) is 15.4. The molecule has 2 aliphatic heterocycles. The monoisotopic (exact) mass is 292 g/mol. The third-order valence-electron chi connectivity index (χ3n) is 3.54. The molecule has 1 saturated heterocycles. The van der Waals surface area contributed by atoms with Gasteiger partial charge in [0.25, 0.3) is 11.8 Å². The zero-order valence-corrected chi connectivity index (χ0v) is 11.3. The van der Waals surface area contributed by atoms with Crippen molar-refractivity contribution in [2.24, 2.45) is 0 Å². The lowest BCUT2D eigenvalue weighted by atomic mass is 10.0. The van der Waals surface area contributed by atoms with Gasteiger partial charge in [-0.05, 0) is 18.2 Å². The maximum Gasteiger partial charge on any atom is 0.262 e. The van der Waals surface area contributed by atoms with Gasteiger partial charge in [0.15, 0.2) is 6.61 Å². The van der Waals surface area contributed by atoms with E-state index >= 15 is 0 Å². The van der Waals surface area contributed by atoms with Crippen molar-refractivity contribution in [3.8, 4) is 5.75 Å². The number of hydrogen-bond acceptors (Lipinski definition) is 5. The first-order valence-corrected chi connectivity index (χ1v) is 6.71. The average molecular weight is 292 g/mol. The number of carbonyl (C=O) groups excluding carboxylic acids is 2. The standard InChI is InChI=1S/C14H16N2O5/c17-12-6-21-11-5-9(1-2-10(11)16-12)13(18)15-7-14(19)3-4-20-8-14/h1-2,5,19H,3-4,6-8H2,(H,15,18)(H,16,17). The minimum Gasteiger partial charge on any atom is -0.482 e. The number of nitrogens with one attached hydrogen (secondary N) is 2. The van der Waals surface area contributed by atoms with Crippen LogP contribution < -0.4 is 15.4 Å². The first kappa shape index (κ1) is 13.8. The molecule has 1 atom stereocenters. The number of ether oxygens (including phenoxy) is 2. The number of anilines is 1. The highest BCUT2D eigenvalue weighted by Gasteiger charge is 2.32. The molecule has 7 heteroatoms. The Bertz CT molecular complexity index is 581. The van der Waals surface area contributed by atoms with Crippen molar-refractivity contribution in [2.75, 3.05) is 31.7 Å². The number of hydrogen-bond donors (Lipinski definition) is 3. The van der Waals surface area contributed by atoms with Gasteiger partial charge in [-0.15, -0.1) is 0 Å². The second-order valence-electron chi connectivity index (χ2n) is 5.26. The van der Waals surface area contributed by atoms with Crippen molar-refractivity contribution < 1.29 is 24.2 Å². The largest absolute Gasteiger partial charge is 0.482 e. The normalized spacial score (nSPS) is 24.0. The van der Waals surface area contributed by atoms with Gasteiger partial charge in [-0.1, -0.05) is 0 Å². The highest BCUT2D eigenvalue weighted by Crippen LogP contribution is 2.28. The van der Waals surface area contributed by atoms with Gasteiger partial charge in [-0.3, -0.25) is 9.59 Å². The Hall–Kier alpha value is -2.12. The summed E-state index contributed by atoms with van der Waals surface area (Å²) in [6.07, 6.45) is 0.507. The molecule has 1 unspecified atom stereocenters. The summed E-state index contributed by atoms with van der Waals surface area (Å²) in [7, 11) is 0. The molecular formula is C14H16N2O5. The molecule has 7 nitrogen and oxygen atoms in total. The predicted octanol–water partition coefficient (Wildman–Crippen LogP) is -0.101. The van der Waals surface area contributed by atoms with E-state index in [1.165, 1.54) is 0 Å². The van der Waals surface area contributed by atoms with Gasteiger partial charge in [0.05, 0.1) is 12.3 Å². The summed E-state index contributed by atoms with van der Waals surface area (Å²) in [4.78, 5) is 23.3. The van der Waals surface area contributed by atoms with Crippen molar-refractivity contribution in [3.63, 3.8) is 0 Å². The van der Waals surface area contributed by atoms with Gasteiger partial charge in [0.1, 0.15) is 11.4 Å². The van der Waals surface area contributed by atoms with E-state index in [1.54, 1.807) is 18.2 Å². The van der Waals surface area contributed by atoms with Crippen LogP contribution in [0.4, 0.5) is 5.69 Å². The van der Waals surface area contributed by atoms with E-state index in [9.17, 15) is 14.7 Å². The van der Waals surface area contributed by atoms with Gasteiger partial charge in [-0.25, -0.2) is 0 Å². The van der Waals surface area contributed by atoms with Crippen LogP contribution in [0.1, 0.15) is 16.8 Å². The Kier molecular flexibility index (Phi) is 3.52. The highest BCUT2D eigenvalue weighted by molar-refractivity contribution is 5.99. The van der Waals surface area contributed by atoms with Crippen LogP contribution in [0.2, 0.25) is 0 Å². The third-order valence-corrected chi connectivity index (χ3v) is 3.54. The molecular weight excluding hydrogens is 276 g/mol. The van der Waals surface area contributed by atoms with Gasteiger partial charge >= 0.3 is 0 Å². The molecule has 2 amide bonds. The van der Waals surface area contributed by atoms with Gasteiger partial charge in [-0.2, -0.15) is 0 Å². The molecule has 3 N–H and O–H groups in total. The number of benzene rings is 1. The molecule has 1 aromatic carbocycles. The Morgan fingerprint density at radius 1 is 1.48 bits per heavy atom. The minimum atomic E-state index is -0.992. The van der Waals surface area contributed by atoms with Crippen molar-refractivity contribution in [1.29, 1.82) is 0 Å². The summed E-state index contributed by atoms with van der Waals surface area (Å²) in [5.74, 6) is -0.0630. The van der Waals surface area contributed by atoms with Crippen molar-refractivity contribution in [1.82, 2.24) is 5.32 Å². The van der Waals surface area contributed by atoms with E-state index in [0.717, 1.165) is 0 Å². The molecule has 2 aliphatic rings. The molecule has 112 valence electrons. The highest BCUT2D eigenvalue weighted by atomic mass is 16.5. The smallest absolute Gasteiger partial charge is 0.262 e. The number of amides is 2. The topological polar surface area (TPSA) is 96.9 Å². The molecule has 0 saturated carbocycles. The van der Waals surface area contributed by atoms with Crippen molar-refractivity contribution in [2.45, 2.75) is 12.0 Å². The second kappa shape index (κ2) is 5.34. The predicted molar refractivity (Wildman–Crippen MR) is 73.3 cm³/mol. The lowest BCUT2D eigenvalue weighted by Crippen LogP contribution is -2.43. The minimum absolute atomic E-state index is 0.0604. The van der Waals surface area contributed by atoms with E-state index in [1.807, 2.05) is 0 Å². The number of rotatable bonds is 3. The van der Waals surface area contributed by atoms with Crippen LogP contribution in [0.5, 0.6) is 5.75 Å². The zero-order valence-electron chi connectivity index (χ0n) is 11.3. The molecule has 3 rings (SSSR count). The molecule has 0 aromatic heterocycles. The molecule has 1 aromatic rings. The lowest BCUT2D eigenvalue weighted by molar-refractivity contribution is -0.118. The Morgan fingerprint density at radius 3 is 3.10 bits per heavy atom. The van der Waals surface area contributed by atoms with Gasteiger partial charge < -0.3 is 25.2 Å². The summed E-state index contributed by atoms with van der Waals surface area (Å²) >= 11 is 0. The maximum absolute atomic E-state index is 12.1. The van der Waals surface area contributed by atoms with E-state index in [0.29, 0.717) is 30.0 Å². The fraction of sp³-hybridized carbons (Fsp3) is 0.429. The molecule has 21 heavy (non-hydrogen) atoms. The summed E-state index contributed by atoms with van der Waals surface area (Å²) in [5.41, 5.74) is -0.0352. The number of fused-ring (bicyclic) bond motifs is 1. The number of aliphatic hydroxyl groups is 1. The first-order chi connectivity index (χ1) is 10.1. The average Bonchev–Trinajstić information content (AvgIpc) is 2.91. The zero-order chi connectivity index (χ0) is 14.9. The van der Waals surface area contributed by atoms with Gasteiger partial charge in [0.2, 0.25) is 0 Å². The van der Waals surface area contributed by atoms with Crippen LogP contribution in [-0.2, 0) is 9.53 Å². The van der Waals surface area contributed by atoms with Crippen molar-refractivity contribution in [3.05, 3.63) is 23.8 Å². The molecule has 0 spiro atoms. The van der Waals surface area contributed by atoms with Crippen LogP contribution in [0.3, 0.4) is 0 Å². The van der Waals surface area contributed by atoms with E-state index in [2.05, 4.69) is 10.6 Å². The lowest BCUT2D eigenvalue weighted by Gasteiger charge is -2.21. The third kappa shape index (κ3) is 2.98. The Labute approximate surface area is 121 Å². The second-order valence-corrected chi connectivity index (χ2v) is 5.26. The summed E-state index contributed by atoms with van der Waals surface area (Å²) < 4.78 is 10.4. The quantitative estimate of drug-likeness (QED) is 0.723. The summed E-state index contributed by atoms with van der Waals surface area (Å²) in [6, 6.07) is 4.78. The number of carbonyl (C=O) groups is 2. The van der Waals surface area contributed by atoms with Crippen LogP contribution in [0.25, 0.3) is 0 Å². The first-order valence-electron chi connectivity index (χ1n) is 6.71. The molecule has 1 fully saturated rings. The Morgan fingerprint density at radius 2 is 2.33 bits per heavy atom. The van der Waals surface area contributed by atoms with E-state index in [-0.39, 0.29) is 31.6 Å². The molecule has 2 heterocycles. The van der Waals surface area contributed by atoms with E-state index in [4.69, 9.17) is 9.47 Å². The fourth-order valence-electron chi connectivity index (χ4n) is 2.30. The van der Waals surface area contributed by atoms with Crippen LogP contribution in [0, 0.1) is 0 Å². The van der Waals surface area contributed by atoms with Crippen molar-refractivity contribution >= 4 is 17.5 Å². The van der Waals surface area contributed by atoms with Crippen LogP contribution in [0.15, 0.2) is 18.2 Å². The molecule has 0 bridgehead atoms. The molecule has 0 aliphatic carbocycles. The van der Waals surface area contributed by atoms with Gasteiger partial charge in [0, 0.05) is 25.1 Å².